The van der Waals surface area contributed by atoms with E-state index in [2.05, 4.69) is 5.32 Å². The Kier molecular flexibility index (Phi) is 5.98. The third-order valence-corrected chi connectivity index (χ3v) is 4.81. The second kappa shape index (κ2) is 7.28. The van der Waals surface area contributed by atoms with Gasteiger partial charge in [-0.1, -0.05) is 6.92 Å². The Morgan fingerprint density at radius 1 is 1.38 bits per heavy atom. The molecule has 0 aliphatic rings. The van der Waals surface area contributed by atoms with E-state index < -0.39 is 10.0 Å². The summed E-state index contributed by atoms with van der Waals surface area (Å²) in [5, 5.41) is 2.58. The zero-order valence-electron chi connectivity index (χ0n) is 12.4. The van der Waals surface area contributed by atoms with Gasteiger partial charge >= 0.3 is 0 Å². The lowest BCUT2D eigenvalue weighted by Gasteiger charge is -2.21. The summed E-state index contributed by atoms with van der Waals surface area (Å²) in [6.07, 6.45) is 0. The molecule has 0 unspecified atom stereocenters. The number of methoxy groups -OCH3 is 1. The third kappa shape index (κ3) is 4.08. The molecular formula is C13H21N3O4S. The number of likely N-dealkylation sites (N-methyl/N-ethyl adjacent to an activating group) is 2. The van der Waals surface area contributed by atoms with Crippen LogP contribution >= 0.6 is 0 Å². The van der Waals surface area contributed by atoms with E-state index in [0.29, 0.717) is 12.2 Å². The van der Waals surface area contributed by atoms with Crippen LogP contribution in [0, 0.1) is 0 Å². The lowest BCUT2D eigenvalue weighted by atomic mass is 10.3. The molecule has 0 heterocycles. The van der Waals surface area contributed by atoms with E-state index in [1.54, 1.807) is 13.8 Å². The van der Waals surface area contributed by atoms with Crippen LogP contribution in [-0.4, -0.2) is 45.4 Å². The van der Waals surface area contributed by atoms with Crippen molar-refractivity contribution in [3.8, 4) is 5.75 Å². The number of hydrogen-bond acceptors (Lipinski definition) is 5. The largest absolute Gasteiger partial charge is 0.495 e. The van der Waals surface area contributed by atoms with Crippen LogP contribution in [0.3, 0.4) is 0 Å². The fraction of sp³-hybridized carbons (Fsp3) is 0.462. The highest BCUT2D eigenvalue weighted by Crippen LogP contribution is 2.28. The van der Waals surface area contributed by atoms with Crippen molar-refractivity contribution in [1.82, 2.24) is 9.62 Å². The fourth-order valence-electron chi connectivity index (χ4n) is 1.82. The van der Waals surface area contributed by atoms with E-state index >= 15 is 0 Å². The number of nitrogen functional groups attached to an aromatic ring is 1. The van der Waals surface area contributed by atoms with Crippen LogP contribution in [0.2, 0.25) is 0 Å². The van der Waals surface area contributed by atoms with Crippen molar-refractivity contribution >= 4 is 21.6 Å². The van der Waals surface area contributed by atoms with Gasteiger partial charge in [0.1, 0.15) is 10.6 Å². The number of ether oxygens (including phenoxy) is 1. The Bertz CT molecular complexity index is 601. The maximum absolute atomic E-state index is 12.6. The second-order valence-corrected chi connectivity index (χ2v) is 6.20. The molecule has 0 fully saturated rings. The van der Waals surface area contributed by atoms with Gasteiger partial charge in [-0.15, -0.1) is 0 Å². The van der Waals surface area contributed by atoms with E-state index in [1.165, 1.54) is 25.3 Å². The molecule has 0 saturated heterocycles. The van der Waals surface area contributed by atoms with Crippen LogP contribution in [0.5, 0.6) is 5.75 Å². The number of nitrogens with zero attached hydrogens (tertiary/aromatic N) is 1. The van der Waals surface area contributed by atoms with E-state index in [0.717, 1.165) is 4.31 Å². The average molecular weight is 315 g/mol. The lowest BCUT2D eigenvalue weighted by molar-refractivity contribution is -0.121. The molecule has 1 rings (SSSR count). The van der Waals surface area contributed by atoms with Crippen LogP contribution in [-0.2, 0) is 14.8 Å². The molecule has 0 aliphatic heterocycles. The third-order valence-electron chi connectivity index (χ3n) is 2.85. The molecule has 0 atom stereocenters. The van der Waals surface area contributed by atoms with E-state index in [-0.39, 0.29) is 29.6 Å². The maximum atomic E-state index is 12.6. The molecule has 1 aromatic rings. The summed E-state index contributed by atoms with van der Waals surface area (Å²) in [7, 11) is -2.46. The highest BCUT2D eigenvalue weighted by Gasteiger charge is 2.28. The van der Waals surface area contributed by atoms with Crippen LogP contribution in [0.4, 0.5) is 5.69 Å². The molecule has 1 amide bonds. The van der Waals surface area contributed by atoms with Gasteiger partial charge in [0.05, 0.1) is 13.7 Å². The topological polar surface area (TPSA) is 102 Å². The standard InChI is InChI=1S/C13H21N3O4S/c1-4-15-13(17)9-16(5-2)21(18,19)12-7-6-10(14)8-11(12)20-3/h6-8H,4-5,9,14H2,1-3H3,(H,15,17). The summed E-state index contributed by atoms with van der Waals surface area (Å²) in [5.74, 6) is -0.193. The Morgan fingerprint density at radius 2 is 2.05 bits per heavy atom. The van der Waals surface area contributed by atoms with Crippen LogP contribution < -0.4 is 15.8 Å². The number of hydrogen-bond donors (Lipinski definition) is 2. The molecule has 3 N–H and O–H groups in total. The number of nitrogens with two attached hydrogens (primary N) is 1. The molecule has 118 valence electrons. The minimum absolute atomic E-state index is 0.00894. The first-order valence-corrected chi connectivity index (χ1v) is 8.01. The Labute approximate surface area is 125 Å². The summed E-state index contributed by atoms with van der Waals surface area (Å²) < 4.78 is 31.4. The molecule has 0 saturated carbocycles. The van der Waals surface area contributed by atoms with Gasteiger partial charge < -0.3 is 15.8 Å². The first kappa shape index (κ1) is 17.3. The number of carbonyl (C=O) groups is 1. The summed E-state index contributed by atoms with van der Waals surface area (Å²) in [5.41, 5.74) is 6.02. The molecule has 0 spiro atoms. The Hall–Kier alpha value is -1.80. The van der Waals surface area contributed by atoms with Crippen molar-refractivity contribution in [2.24, 2.45) is 0 Å². The van der Waals surface area contributed by atoms with Gasteiger partial charge in [0.25, 0.3) is 0 Å². The second-order valence-electron chi connectivity index (χ2n) is 4.30. The fourth-order valence-corrected chi connectivity index (χ4v) is 3.36. The molecule has 0 bridgehead atoms. The maximum Gasteiger partial charge on any atom is 0.247 e. The number of benzene rings is 1. The monoisotopic (exact) mass is 315 g/mol. The van der Waals surface area contributed by atoms with Crippen molar-refractivity contribution in [1.29, 1.82) is 0 Å². The molecule has 0 aromatic heterocycles. The van der Waals surface area contributed by atoms with Crippen molar-refractivity contribution in [2.75, 3.05) is 32.5 Å². The Balaban J connectivity index is 3.16. The van der Waals surface area contributed by atoms with Crippen LogP contribution in [0.25, 0.3) is 0 Å². The van der Waals surface area contributed by atoms with E-state index in [1.807, 2.05) is 0 Å². The Morgan fingerprint density at radius 3 is 2.57 bits per heavy atom. The lowest BCUT2D eigenvalue weighted by Crippen LogP contribution is -2.40. The number of amides is 1. The van der Waals surface area contributed by atoms with Crippen molar-refractivity contribution in [3.63, 3.8) is 0 Å². The molecule has 0 radical (unpaired) electrons. The smallest absolute Gasteiger partial charge is 0.247 e. The zero-order valence-corrected chi connectivity index (χ0v) is 13.2. The highest BCUT2D eigenvalue weighted by atomic mass is 32.2. The number of rotatable bonds is 7. The zero-order chi connectivity index (χ0) is 16.0. The molecular weight excluding hydrogens is 294 g/mol. The van der Waals surface area contributed by atoms with E-state index in [9.17, 15) is 13.2 Å². The molecule has 7 nitrogen and oxygen atoms in total. The van der Waals surface area contributed by atoms with Gasteiger partial charge in [0.2, 0.25) is 15.9 Å². The highest BCUT2D eigenvalue weighted by molar-refractivity contribution is 7.89. The number of sulfonamides is 1. The van der Waals surface area contributed by atoms with Gasteiger partial charge in [-0.25, -0.2) is 8.42 Å². The van der Waals surface area contributed by atoms with Gasteiger partial charge in [-0.05, 0) is 19.1 Å². The SMILES string of the molecule is CCNC(=O)CN(CC)S(=O)(=O)c1ccc(N)cc1OC. The van der Waals surface area contributed by atoms with Gasteiger partial charge in [-0.2, -0.15) is 4.31 Å². The predicted octanol–water partition coefficient (Wildman–Crippen LogP) is 0.424. The number of nitrogens with one attached hydrogen (secondary N) is 1. The van der Waals surface area contributed by atoms with Crippen LogP contribution in [0.1, 0.15) is 13.8 Å². The normalized spacial score (nSPS) is 11.4. The minimum Gasteiger partial charge on any atom is -0.495 e. The van der Waals surface area contributed by atoms with Crippen molar-refractivity contribution in [2.45, 2.75) is 18.7 Å². The predicted molar refractivity (Wildman–Crippen MR) is 80.5 cm³/mol. The average Bonchev–Trinajstić information content (AvgIpc) is 2.44. The first-order valence-electron chi connectivity index (χ1n) is 6.57. The number of anilines is 1. The molecule has 21 heavy (non-hydrogen) atoms. The summed E-state index contributed by atoms with van der Waals surface area (Å²) in [6, 6.07) is 4.30. The van der Waals surface area contributed by atoms with E-state index in [4.69, 9.17) is 10.5 Å². The van der Waals surface area contributed by atoms with Crippen molar-refractivity contribution < 1.29 is 17.9 Å². The summed E-state index contributed by atoms with van der Waals surface area (Å²) in [6.45, 7) is 3.82. The molecule has 0 aliphatic carbocycles. The van der Waals surface area contributed by atoms with Crippen LogP contribution in [0.15, 0.2) is 23.1 Å². The first-order chi connectivity index (χ1) is 9.86. The van der Waals surface area contributed by atoms with Gasteiger partial charge in [-0.3, -0.25) is 4.79 Å². The summed E-state index contributed by atoms with van der Waals surface area (Å²) in [4.78, 5) is 11.6. The minimum atomic E-state index is -3.83. The number of carbonyl (C=O) groups excluding carboxylic acids is 1. The quantitative estimate of drug-likeness (QED) is 0.710. The molecule has 8 heteroatoms. The van der Waals surface area contributed by atoms with Gasteiger partial charge in [0, 0.05) is 24.8 Å². The summed E-state index contributed by atoms with van der Waals surface area (Å²) >= 11 is 0. The van der Waals surface area contributed by atoms with Crippen molar-refractivity contribution in [3.05, 3.63) is 18.2 Å². The van der Waals surface area contributed by atoms with Gasteiger partial charge in [0.15, 0.2) is 0 Å². The molecule has 1 aromatic carbocycles.